The molecule has 7 heteroatoms. The smallest absolute Gasteiger partial charge is 0.308 e. The lowest BCUT2D eigenvalue weighted by molar-refractivity contribution is -0.152. The Morgan fingerprint density at radius 2 is 1.96 bits per heavy atom. The second-order valence-electron chi connectivity index (χ2n) is 7.29. The van der Waals surface area contributed by atoms with Gasteiger partial charge in [-0.2, -0.15) is 0 Å². The van der Waals surface area contributed by atoms with Crippen molar-refractivity contribution in [2.24, 2.45) is 5.92 Å². The Kier molecular flexibility index (Phi) is 8.29. The first-order valence-corrected chi connectivity index (χ1v) is 9.85. The van der Waals surface area contributed by atoms with Crippen molar-refractivity contribution in [1.29, 1.82) is 0 Å². The predicted molar refractivity (Wildman–Crippen MR) is 105 cm³/mol. The predicted octanol–water partition coefficient (Wildman–Crippen LogP) is 1.93. The second-order valence-corrected chi connectivity index (χ2v) is 7.29. The molecular formula is C21H30N2O5. The molecule has 154 valence electrons. The van der Waals surface area contributed by atoms with Crippen LogP contribution < -0.4 is 10.1 Å². The third kappa shape index (κ3) is 6.55. The van der Waals surface area contributed by atoms with Gasteiger partial charge >= 0.3 is 5.97 Å². The van der Waals surface area contributed by atoms with Crippen molar-refractivity contribution in [3.63, 3.8) is 0 Å². The van der Waals surface area contributed by atoms with Crippen molar-refractivity contribution in [2.45, 2.75) is 46.1 Å². The minimum absolute atomic E-state index is 0.152. The molecule has 0 aliphatic carbocycles. The molecule has 1 aromatic rings. The molecule has 0 spiro atoms. The van der Waals surface area contributed by atoms with E-state index < -0.39 is 12.0 Å². The van der Waals surface area contributed by atoms with E-state index in [1.54, 1.807) is 0 Å². The molecule has 1 aliphatic rings. The van der Waals surface area contributed by atoms with Gasteiger partial charge in [0.15, 0.2) is 6.61 Å². The summed E-state index contributed by atoms with van der Waals surface area (Å²) in [6.07, 6.45) is 1.54. The average Bonchev–Trinajstić information content (AvgIpc) is 2.67. The molecule has 1 atom stereocenters. The summed E-state index contributed by atoms with van der Waals surface area (Å²) in [5.74, 6) is -0.122. The first kappa shape index (κ1) is 21.7. The maximum absolute atomic E-state index is 12.6. The number of ether oxygens (including phenoxy) is 2. The van der Waals surface area contributed by atoms with Gasteiger partial charge in [-0.1, -0.05) is 32.9 Å². The number of hydrogen-bond acceptors (Lipinski definition) is 5. The van der Waals surface area contributed by atoms with Crippen LogP contribution in [0.25, 0.3) is 0 Å². The maximum Gasteiger partial charge on any atom is 0.308 e. The third-order valence-electron chi connectivity index (χ3n) is 4.66. The van der Waals surface area contributed by atoms with Crippen molar-refractivity contribution in [1.82, 2.24) is 10.2 Å². The Balaban J connectivity index is 1.90. The lowest BCUT2D eigenvalue weighted by Gasteiger charge is -2.34. The van der Waals surface area contributed by atoms with E-state index in [0.29, 0.717) is 31.4 Å². The van der Waals surface area contributed by atoms with Crippen molar-refractivity contribution in [3.8, 4) is 5.75 Å². The Morgan fingerprint density at radius 3 is 2.61 bits per heavy atom. The fraction of sp³-hybridized carbons (Fsp3) is 0.571. The van der Waals surface area contributed by atoms with Crippen LogP contribution in [0.4, 0.5) is 0 Å². The SMILES string of the molecule is CCc1ccc(OCC(=O)N2CCNC(=O)C2CC(=O)OCCC(C)C)cc1. The fourth-order valence-electron chi connectivity index (χ4n) is 2.89. The number of esters is 1. The number of nitrogens with zero attached hydrogens (tertiary/aromatic N) is 1. The van der Waals surface area contributed by atoms with Crippen LogP contribution in [0.15, 0.2) is 24.3 Å². The highest BCUT2D eigenvalue weighted by Gasteiger charge is 2.35. The van der Waals surface area contributed by atoms with Gasteiger partial charge in [-0.3, -0.25) is 14.4 Å². The van der Waals surface area contributed by atoms with Crippen LogP contribution in [0.5, 0.6) is 5.75 Å². The minimum atomic E-state index is -0.862. The number of aryl methyl sites for hydroxylation is 1. The summed E-state index contributed by atoms with van der Waals surface area (Å²) in [7, 11) is 0. The van der Waals surface area contributed by atoms with E-state index in [9.17, 15) is 14.4 Å². The van der Waals surface area contributed by atoms with Gasteiger partial charge < -0.3 is 19.7 Å². The van der Waals surface area contributed by atoms with Crippen molar-refractivity contribution < 1.29 is 23.9 Å². The fourth-order valence-corrected chi connectivity index (χ4v) is 2.89. The highest BCUT2D eigenvalue weighted by Crippen LogP contribution is 2.15. The zero-order valence-corrected chi connectivity index (χ0v) is 16.9. The number of carbonyl (C=O) groups excluding carboxylic acids is 3. The minimum Gasteiger partial charge on any atom is -0.484 e. The lowest BCUT2D eigenvalue weighted by Crippen LogP contribution is -2.58. The van der Waals surface area contributed by atoms with Gasteiger partial charge in [-0.05, 0) is 36.5 Å². The number of carbonyl (C=O) groups is 3. The van der Waals surface area contributed by atoms with E-state index in [-0.39, 0.29) is 24.8 Å². The molecule has 7 nitrogen and oxygen atoms in total. The number of piperazine rings is 1. The molecule has 2 rings (SSSR count). The van der Waals surface area contributed by atoms with Crippen LogP contribution in [0.3, 0.4) is 0 Å². The molecule has 1 aromatic carbocycles. The van der Waals surface area contributed by atoms with Gasteiger partial charge in [0.05, 0.1) is 13.0 Å². The summed E-state index contributed by atoms with van der Waals surface area (Å²) in [4.78, 5) is 38.3. The molecule has 1 saturated heterocycles. The van der Waals surface area contributed by atoms with Crippen LogP contribution in [0.1, 0.15) is 39.2 Å². The molecule has 1 heterocycles. The number of amides is 2. The molecule has 1 unspecified atom stereocenters. The highest BCUT2D eigenvalue weighted by molar-refractivity contribution is 5.92. The molecule has 1 N–H and O–H groups in total. The van der Waals surface area contributed by atoms with Gasteiger partial charge in [-0.25, -0.2) is 0 Å². The van der Waals surface area contributed by atoms with Gasteiger partial charge in [-0.15, -0.1) is 0 Å². The number of hydrogen-bond donors (Lipinski definition) is 1. The van der Waals surface area contributed by atoms with E-state index in [4.69, 9.17) is 9.47 Å². The molecule has 0 saturated carbocycles. The van der Waals surface area contributed by atoms with Crippen LogP contribution in [0, 0.1) is 5.92 Å². The van der Waals surface area contributed by atoms with E-state index in [1.807, 2.05) is 38.1 Å². The summed E-state index contributed by atoms with van der Waals surface area (Å²) >= 11 is 0. The van der Waals surface area contributed by atoms with Crippen LogP contribution in [-0.4, -0.2) is 55.0 Å². The van der Waals surface area contributed by atoms with Crippen molar-refractivity contribution in [2.75, 3.05) is 26.3 Å². The van der Waals surface area contributed by atoms with Crippen LogP contribution in [-0.2, 0) is 25.5 Å². The molecule has 1 aliphatic heterocycles. The Morgan fingerprint density at radius 1 is 1.25 bits per heavy atom. The Bertz CT molecular complexity index is 672. The van der Waals surface area contributed by atoms with Gasteiger partial charge in [0.2, 0.25) is 5.91 Å². The molecular weight excluding hydrogens is 360 g/mol. The summed E-state index contributed by atoms with van der Waals surface area (Å²) in [6, 6.07) is 6.67. The standard InChI is InChI=1S/C21H30N2O5/c1-4-16-5-7-17(8-6-16)28-14-19(24)23-11-10-22-21(26)18(23)13-20(25)27-12-9-15(2)3/h5-8,15,18H,4,9-14H2,1-3H3,(H,22,26). The monoisotopic (exact) mass is 390 g/mol. The Hall–Kier alpha value is -2.57. The van der Waals surface area contributed by atoms with Crippen molar-refractivity contribution >= 4 is 17.8 Å². The van der Waals surface area contributed by atoms with E-state index in [1.165, 1.54) is 10.5 Å². The quantitative estimate of drug-likeness (QED) is 0.652. The zero-order chi connectivity index (χ0) is 20.5. The first-order chi connectivity index (χ1) is 13.4. The molecule has 28 heavy (non-hydrogen) atoms. The molecule has 0 radical (unpaired) electrons. The van der Waals surface area contributed by atoms with E-state index in [2.05, 4.69) is 12.2 Å². The molecule has 0 aromatic heterocycles. The summed E-state index contributed by atoms with van der Waals surface area (Å²) in [5, 5.41) is 2.70. The molecule has 2 amide bonds. The van der Waals surface area contributed by atoms with Gasteiger partial charge in [0.1, 0.15) is 11.8 Å². The third-order valence-corrected chi connectivity index (χ3v) is 4.66. The number of rotatable bonds is 9. The maximum atomic E-state index is 12.6. The second kappa shape index (κ2) is 10.7. The van der Waals surface area contributed by atoms with Crippen LogP contribution in [0.2, 0.25) is 0 Å². The number of benzene rings is 1. The van der Waals surface area contributed by atoms with E-state index >= 15 is 0 Å². The average molecular weight is 390 g/mol. The van der Waals surface area contributed by atoms with Crippen molar-refractivity contribution in [3.05, 3.63) is 29.8 Å². The topological polar surface area (TPSA) is 84.9 Å². The summed E-state index contributed by atoms with van der Waals surface area (Å²) < 4.78 is 10.8. The molecule has 0 bridgehead atoms. The normalized spacial score (nSPS) is 16.6. The van der Waals surface area contributed by atoms with Crippen LogP contribution >= 0.6 is 0 Å². The van der Waals surface area contributed by atoms with Gasteiger partial charge in [0, 0.05) is 13.1 Å². The number of nitrogens with one attached hydrogen (secondary N) is 1. The largest absolute Gasteiger partial charge is 0.484 e. The highest BCUT2D eigenvalue weighted by atomic mass is 16.5. The Labute approximate surface area is 166 Å². The van der Waals surface area contributed by atoms with Gasteiger partial charge in [0.25, 0.3) is 5.91 Å². The molecule has 1 fully saturated rings. The summed E-state index contributed by atoms with van der Waals surface area (Å²) in [6.45, 7) is 6.97. The zero-order valence-electron chi connectivity index (χ0n) is 16.9. The first-order valence-electron chi connectivity index (χ1n) is 9.85. The van der Waals surface area contributed by atoms with E-state index in [0.717, 1.165) is 12.8 Å². The summed E-state index contributed by atoms with van der Waals surface area (Å²) in [5.41, 5.74) is 1.18. The lowest BCUT2D eigenvalue weighted by atomic mass is 10.1.